The fraction of sp³-hybridized carbons (Fsp3) is 0. The zero-order valence-corrected chi connectivity index (χ0v) is 8.92. The highest BCUT2D eigenvalue weighted by molar-refractivity contribution is 5.67. The summed E-state index contributed by atoms with van der Waals surface area (Å²) in [7, 11) is 0. The highest BCUT2D eigenvalue weighted by atomic mass is 16.1. The lowest BCUT2D eigenvalue weighted by atomic mass is 10.0. The molecule has 0 fully saturated rings. The molecule has 0 aromatic heterocycles. The summed E-state index contributed by atoms with van der Waals surface area (Å²) in [4.78, 5) is 13.6. The molecule has 2 aromatic rings. The van der Waals surface area contributed by atoms with Gasteiger partial charge in [0, 0.05) is 0 Å². The minimum atomic E-state index is 0.570. The summed E-state index contributed by atoms with van der Waals surface area (Å²) >= 11 is 0. The van der Waals surface area contributed by atoms with Crippen LogP contribution in [-0.4, -0.2) is 6.08 Å². The Morgan fingerprint density at radius 3 is 2.41 bits per heavy atom. The van der Waals surface area contributed by atoms with Crippen molar-refractivity contribution in [3.63, 3.8) is 0 Å². The molecule has 0 saturated carbocycles. The number of nitrogens with zero attached hydrogens (tertiary/aromatic N) is 2. The van der Waals surface area contributed by atoms with Crippen LogP contribution in [0.15, 0.2) is 53.5 Å². The smallest absolute Gasteiger partial charge is 0.211 e. The molecule has 0 radical (unpaired) electrons. The van der Waals surface area contributed by atoms with Gasteiger partial charge in [-0.1, -0.05) is 24.3 Å². The van der Waals surface area contributed by atoms with E-state index in [-0.39, 0.29) is 0 Å². The molecular weight excluding hydrogens is 212 g/mol. The first-order chi connectivity index (χ1) is 8.33. The molecule has 0 spiro atoms. The lowest BCUT2D eigenvalue weighted by Crippen LogP contribution is -1.79. The number of rotatable bonds is 2. The van der Waals surface area contributed by atoms with Crippen LogP contribution in [0.5, 0.6) is 0 Å². The van der Waals surface area contributed by atoms with Crippen molar-refractivity contribution in [1.29, 1.82) is 5.26 Å². The topological polar surface area (TPSA) is 53.2 Å². The second kappa shape index (κ2) is 4.89. The molecule has 2 rings (SSSR count). The number of hydrogen-bond donors (Lipinski definition) is 0. The lowest BCUT2D eigenvalue weighted by Gasteiger charge is -2.01. The molecule has 80 valence electrons. The fourth-order valence-electron chi connectivity index (χ4n) is 1.55. The summed E-state index contributed by atoms with van der Waals surface area (Å²) in [5, 5.41) is 8.82. The Morgan fingerprint density at radius 1 is 1.00 bits per heavy atom. The fourth-order valence-corrected chi connectivity index (χ4v) is 1.55. The van der Waals surface area contributed by atoms with E-state index >= 15 is 0 Å². The predicted molar refractivity (Wildman–Crippen MR) is 64.4 cm³/mol. The van der Waals surface area contributed by atoms with Gasteiger partial charge in [-0.05, 0) is 35.4 Å². The van der Waals surface area contributed by atoms with Gasteiger partial charge in [-0.3, -0.25) is 0 Å². The summed E-state index contributed by atoms with van der Waals surface area (Å²) in [5.74, 6) is 0. The van der Waals surface area contributed by atoms with Crippen LogP contribution < -0.4 is 0 Å². The maximum absolute atomic E-state index is 10.1. The zero-order valence-electron chi connectivity index (χ0n) is 8.92. The Bertz CT molecular complexity index is 617. The summed E-state index contributed by atoms with van der Waals surface area (Å²) in [6.45, 7) is 0. The Kier molecular flexibility index (Phi) is 3.11. The van der Waals surface area contributed by atoms with Gasteiger partial charge in [0.2, 0.25) is 6.08 Å². The van der Waals surface area contributed by atoms with Crippen molar-refractivity contribution in [2.24, 2.45) is 4.99 Å². The van der Waals surface area contributed by atoms with E-state index in [1.54, 1.807) is 18.2 Å². The molecule has 0 amide bonds. The Hall–Kier alpha value is -2.69. The first-order valence-corrected chi connectivity index (χ1v) is 5.02. The van der Waals surface area contributed by atoms with Gasteiger partial charge in [0.1, 0.15) is 0 Å². The van der Waals surface area contributed by atoms with Crippen LogP contribution >= 0.6 is 0 Å². The maximum Gasteiger partial charge on any atom is 0.240 e. The molecule has 0 heterocycles. The zero-order chi connectivity index (χ0) is 12.1. The van der Waals surface area contributed by atoms with Crippen molar-refractivity contribution in [2.75, 3.05) is 0 Å². The van der Waals surface area contributed by atoms with E-state index in [1.807, 2.05) is 30.3 Å². The number of aliphatic imine (C=N–C) groups is 1. The highest BCUT2D eigenvalue weighted by Gasteiger charge is 1.99. The van der Waals surface area contributed by atoms with Gasteiger partial charge in [0.25, 0.3) is 0 Å². The van der Waals surface area contributed by atoms with Crippen molar-refractivity contribution in [3.8, 4) is 17.2 Å². The number of isocyanates is 1. The third kappa shape index (κ3) is 2.46. The monoisotopic (exact) mass is 220 g/mol. The standard InChI is InChI=1S/C14H8N2O/c15-9-11-2-1-3-13(8-11)12-4-6-14(7-5-12)16-10-17/h1-8H. The number of benzene rings is 2. The maximum atomic E-state index is 10.1. The van der Waals surface area contributed by atoms with E-state index in [1.165, 1.54) is 6.08 Å². The summed E-state index contributed by atoms with van der Waals surface area (Å²) in [5.41, 5.74) is 3.13. The molecular formula is C14H8N2O. The van der Waals surface area contributed by atoms with Crippen LogP contribution in [-0.2, 0) is 4.79 Å². The van der Waals surface area contributed by atoms with Crippen LogP contribution in [0.2, 0.25) is 0 Å². The van der Waals surface area contributed by atoms with Crippen molar-refractivity contribution in [2.45, 2.75) is 0 Å². The lowest BCUT2D eigenvalue weighted by molar-refractivity contribution is 0.565. The Morgan fingerprint density at radius 2 is 1.76 bits per heavy atom. The van der Waals surface area contributed by atoms with Gasteiger partial charge < -0.3 is 0 Å². The average molecular weight is 220 g/mol. The molecule has 0 bridgehead atoms. The van der Waals surface area contributed by atoms with Gasteiger partial charge in [-0.15, -0.1) is 0 Å². The SMILES string of the molecule is N#Cc1cccc(-c2ccc(N=C=O)cc2)c1. The molecule has 0 aliphatic carbocycles. The quantitative estimate of drug-likeness (QED) is 0.576. The summed E-state index contributed by atoms with van der Waals surface area (Å²) in [6, 6.07) is 16.6. The van der Waals surface area contributed by atoms with E-state index in [4.69, 9.17) is 5.26 Å². The molecule has 0 N–H and O–H groups in total. The van der Waals surface area contributed by atoms with Gasteiger partial charge >= 0.3 is 0 Å². The second-order valence-corrected chi connectivity index (χ2v) is 3.44. The molecule has 0 atom stereocenters. The molecule has 2 aromatic carbocycles. The van der Waals surface area contributed by atoms with Crippen molar-refractivity contribution in [3.05, 3.63) is 54.1 Å². The van der Waals surface area contributed by atoms with Gasteiger partial charge in [0.05, 0.1) is 17.3 Å². The van der Waals surface area contributed by atoms with Crippen LogP contribution in [0.3, 0.4) is 0 Å². The number of hydrogen-bond acceptors (Lipinski definition) is 3. The van der Waals surface area contributed by atoms with Crippen molar-refractivity contribution < 1.29 is 4.79 Å². The Labute approximate surface area is 98.7 Å². The van der Waals surface area contributed by atoms with Crippen LogP contribution in [0, 0.1) is 11.3 Å². The van der Waals surface area contributed by atoms with E-state index in [0.29, 0.717) is 11.3 Å². The predicted octanol–water partition coefficient (Wildman–Crippen LogP) is 3.19. The molecule has 3 heteroatoms. The van der Waals surface area contributed by atoms with Crippen molar-refractivity contribution in [1.82, 2.24) is 0 Å². The third-order valence-corrected chi connectivity index (χ3v) is 2.37. The minimum absolute atomic E-state index is 0.570. The van der Waals surface area contributed by atoms with Gasteiger partial charge in [0.15, 0.2) is 0 Å². The van der Waals surface area contributed by atoms with Gasteiger partial charge in [-0.2, -0.15) is 10.3 Å². The molecule has 0 unspecified atom stereocenters. The largest absolute Gasteiger partial charge is 0.240 e. The number of carbonyl (C=O) groups excluding carboxylic acids is 1. The van der Waals surface area contributed by atoms with Crippen molar-refractivity contribution >= 4 is 11.8 Å². The average Bonchev–Trinajstić information content (AvgIpc) is 2.40. The normalized spacial score (nSPS) is 9.12. The number of nitriles is 1. The molecule has 0 aliphatic rings. The Balaban J connectivity index is 2.40. The summed E-state index contributed by atoms with van der Waals surface area (Å²) < 4.78 is 0. The van der Waals surface area contributed by atoms with E-state index in [0.717, 1.165) is 11.1 Å². The van der Waals surface area contributed by atoms with Crippen LogP contribution in [0.25, 0.3) is 11.1 Å². The molecule has 17 heavy (non-hydrogen) atoms. The van der Waals surface area contributed by atoms with E-state index in [9.17, 15) is 4.79 Å². The molecule has 0 aliphatic heterocycles. The van der Waals surface area contributed by atoms with Gasteiger partial charge in [-0.25, -0.2) is 4.79 Å². The first-order valence-electron chi connectivity index (χ1n) is 5.02. The minimum Gasteiger partial charge on any atom is -0.211 e. The molecule has 3 nitrogen and oxygen atoms in total. The van der Waals surface area contributed by atoms with Crippen LogP contribution in [0.4, 0.5) is 5.69 Å². The molecule has 0 saturated heterocycles. The first kappa shape index (κ1) is 10.8. The van der Waals surface area contributed by atoms with Crippen LogP contribution in [0.1, 0.15) is 5.56 Å². The third-order valence-electron chi connectivity index (χ3n) is 2.37. The highest BCUT2D eigenvalue weighted by Crippen LogP contribution is 2.23. The van der Waals surface area contributed by atoms with E-state index in [2.05, 4.69) is 11.1 Å². The van der Waals surface area contributed by atoms with E-state index < -0.39 is 0 Å². The summed E-state index contributed by atoms with van der Waals surface area (Å²) in [6.07, 6.45) is 1.49. The second-order valence-electron chi connectivity index (χ2n) is 3.44.